The number of carbonyl (C=O) groups is 3. The first-order valence-corrected chi connectivity index (χ1v) is 14.2. The summed E-state index contributed by atoms with van der Waals surface area (Å²) < 4.78 is 33.0. The van der Waals surface area contributed by atoms with E-state index >= 15 is 0 Å². The van der Waals surface area contributed by atoms with E-state index in [0.29, 0.717) is 24.0 Å². The second-order valence-corrected chi connectivity index (χ2v) is 12.0. The van der Waals surface area contributed by atoms with E-state index in [1.807, 2.05) is 26.0 Å². The Bertz CT molecular complexity index is 1500. The van der Waals surface area contributed by atoms with Gasteiger partial charge in [0.15, 0.2) is 17.7 Å². The molecule has 11 nitrogen and oxygen atoms in total. The molecule has 3 heterocycles. The summed E-state index contributed by atoms with van der Waals surface area (Å²) in [4.78, 5) is 39.4. The summed E-state index contributed by atoms with van der Waals surface area (Å²) in [6.45, 7) is 5.12. The Kier molecular flexibility index (Phi) is 8.36. The minimum absolute atomic E-state index is 0.0207. The Balaban J connectivity index is 1.47. The van der Waals surface area contributed by atoms with Crippen molar-refractivity contribution in [2.24, 2.45) is 5.92 Å². The summed E-state index contributed by atoms with van der Waals surface area (Å²) >= 11 is 0. The largest absolute Gasteiger partial charge is 0.618 e. The van der Waals surface area contributed by atoms with Gasteiger partial charge in [0.05, 0.1) is 12.6 Å². The van der Waals surface area contributed by atoms with Crippen molar-refractivity contribution in [3.8, 4) is 0 Å². The number of aromatic nitrogens is 1. The molecule has 2 aromatic heterocycles. The van der Waals surface area contributed by atoms with Crippen molar-refractivity contribution >= 4 is 38.6 Å². The Labute approximate surface area is 226 Å². The third-order valence-corrected chi connectivity index (χ3v) is 8.55. The SMILES string of the molecule is Cc1c(C(=O)N[C@@H](CC(C)C)C(=O)NC2CCCN(S(=O)(=O)c3cccc[n+]3[O-])CC2=O)oc2ccccc12. The number of pyridine rings is 1. The fourth-order valence-electron chi connectivity index (χ4n) is 4.69. The summed E-state index contributed by atoms with van der Waals surface area (Å²) in [5.41, 5.74) is 1.22. The number of furan rings is 1. The van der Waals surface area contributed by atoms with E-state index in [4.69, 9.17) is 4.42 Å². The fourth-order valence-corrected chi connectivity index (χ4v) is 6.16. The van der Waals surface area contributed by atoms with Crippen LogP contribution in [0.5, 0.6) is 0 Å². The highest BCUT2D eigenvalue weighted by Crippen LogP contribution is 2.25. The molecule has 12 heteroatoms. The lowest BCUT2D eigenvalue weighted by atomic mass is 10.0. The molecule has 1 aliphatic heterocycles. The first kappa shape index (κ1) is 28.2. The van der Waals surface area contributed by atoms with Crippen LogP contribution in [0.15, 0.2) is 58.1 Å². The standard InChI is InChI=1S/C27H32N4O7S/c1-17(2)15-21(29-27(34)25-18(3)19-9-4-5-11-23(19)38-25)26(33)28-20-10-8-13-30(16-22(20)32)39(36,37)24-12-6-7-14-31(24)35/h4-7,9,11-12,14,17,20-21H,8,10,13,15-16H2,1-3H3,(H,28,33)(H,29,34)/t20?,21-/m0/s1. The molecule has 0 aliphatic carbocycles. The van der Waals surface area contributed by atoms with E-state index in [9.17, 15) is 28.0 Å². The van der Waals surface area contributed by atoms with Gasteiger partial charge in [-0.1, -0.05) is 32.0 Å². The minimum Gasteiger partial charge on any atom is -0.618 e. The van der Waals surface area contributed by atoms with Gasteiger partial charge >= 0.3 is 15.0 Å². The third-order valence-electron chi connectivity index (χ3n) is 6.71. The van der Waals surface area contributed by atoms with Crippen molar-refractivity contribution in [2.45, 2.75) is 57.1 Å². The van der Waals surface area contributed by atoms with Crippen LogP contribution < -0.4 is 15.4 Å². The zero-order chi connectivity index (χ0) is 28.3. The summed E-state index contributed by atoms with van der Waals surface area (Å²) in [7, 11) is -4.21. The van der Waals surface area contributed by atoms with E-state index in [-0.39, 0.29) is 29.4 Å². The summed E-state index contributed by atoms with van der Waals surface area (Å²) in [6.07, 6.45) is 1.90. The highest BCUT2D eigenvalue weighted by atomic mass is 32.2. The number of sulfonamides is 1. The average molecular weight is 557 g/mol. The van der Waals surface area contributed by atoms with Gasteiger partial charge in [-0.3, -0.25) is 14.4 Å². The molecule has 0 saturated carbocycles. The monoisotopic (exact) mass is 556 g/mol. The van der Waals surface area contributed by atoms with Crippen LogP contribution in [0.3, 0.4) is 0 Å². The number of aryl methyl sites for hydroxylation is 1. The van der Waals surface area contributed by atoms with Gasteiger partial charge < -0.3 is 20.3 Å². The van der Waals surface area contributed by atoms with Crippen LogP contribution >= 0.6 is 0 Å². The van der Waals surface area contributed by atoms with Gasteiger partial charge in [0, 0.05) is 29.6 Å². The molecule has 1 fully saturated rings. The zero-order valence-electron chi connectivity index (χ0n) is 22.0. The number of benzene rings is 1. The molecule has 2 atom stereocenters. The van der Waals surface area contributed by atoms with Gasteiger partial charge in [-0.05, 0) is 44.2 Å². The van der Waals surface area contributed by atoms with Crippen LogP contribution in [0.1, 0.15) is 49.2 Å². The number of Topliss-reactive ketones (excluding diaryl/α,β-unsaturated/α-hetero) is 1. The molecule has 3 aromatic rings. The molecule has 4 rings (SSSR count). The molecular formula is C27H32N4O7S. The molecule has 2 amide bonds. The maximum absolute atomic E-state index is 13.3. The topological polar surface area (TPSA) is 153 Å². The molecule has 2 N–H and O–H groups in total. The molecule has 0 bridgehead atoms. The molecular weight excluding hydrogens is 524 g/mol. The Hall–Kier alpha value is -3.77. The van der Waals surface area contributed by atoms with Gasteiger partial charge in [-0.15, -0.1) is 0 Å². The average Bonchev–Trinajstić information content (AvgIpc) is 3.11. The van der Waals surface area contributed by atoms with Crippen molar-refractivity contribution in [1.29, 1.82) is 0 Å². The van der Waals surface area contributed by atoms with Crippen LogP contribution in [0.4, 0.5) is 0 Å². The second kappa shape index (κ2) is 11.5. The van der Waals surface area contributed by atoms with Gasteiger partial charge in [0.2, 0.25) is 5.91 Å². The molecule has 1 saturated heterocycles. The van der Waals surface area contributed by atoms with Crippen LogP contribution in [0, 0.1) is 18.0 Å². The number of hydrogen-bond acceptors (Lipinski definition) is 7. The Morgan fingerprint density at radius 1 is 1.18 bits per heavy atom. The minimum atomic E-state index is -4.21. The summed E-state index contributed by atoms with van der Waals surface area (Å²) in [6, 6.07) is 9.39. The Morgan fingerprint density at radius 3 is 2.59 bits per heavy atom. The predicted octanol–water partition coefficient (Wildman–Crippen LogP) is 2.06. The first-order chi connectivity index (χ1) is 18.5. The highest BCUT2D eigenvalue weighted by Gasteiger charge is 2.37. The van der Waals surface area contributed by atoms with Crippen molar-refractivity contribution < 1.29 is 31.9 Å². The number of hydrogen-bond donors (Lipinski definition) is 2. The molecule has 0 spiro atoms. The van der Waals surface area contributed by atoms with Gasteiger partial charge in [-0.25, -0.2) is 8.42 Å². The highest BCUT2D eigenvalue weighted by molar-refractivity contribution is 7.89. The van der Waals surface area contributed by atoms with Crippen molar-refractivity contribution in [3.63, 3.8) is 0 Å². The van der Waals surface area contributed by atoms with Crippen LogP contribution in [-0.4, -0.2) is 55.5 Å². The molecule has 39 heavy (non-hydrogen) atoms. The lowest BCUT2D eigenvalue weighted by molar-refractivity contribution is -0.646. The molecule has 208 valence electrons. The normalized spacial score (nSPS) is 17.6. The quantitative estimate of drug-likeness (QED) is 0.318. The number of nitrogens with one attached hydrogen (secondary N) is 2. The smallest absolute Gasteiger partial charge is 0.323 e. The van der Waals surface area contributed by atoms with E-state index in [1.54, 1.807) is 19.1 Å². The summed E-state index contributed by atoms with van der Waals surface area (Å²) in [5.74, 6) is -1.42. The molecule has 1 aromatic carbocycles. The molecule has 0 radical (unpaired) electrons. The number of rotatable bonds is 8. The van der Waals surface area contributed by atoms with Gasteiger partial charge in [0.1, 0.15) is 11.6 Å². The number of carbonyl (C=O) groups excluding carboxylic acids is 3. The number of nitrogens with zero attached hydrogens (tertiary/aromatic N) is 2. The lowest BCUT2D eigenvalue weighted by Gasteiger charge is -2.23. The fraction of sp³-hybridized carbons (Fsp3) is 0.407. The van der Waals surface area contributed by atoms with Crippen LogP contribution in [0.25, 0.3) is 11.0 Å². The van der Waals surface area contributed by atoms with Crippen molar-refractivity contribution in [3.05, 3.63) is 65.2 Å². The molecule has 1 aliphatic rings. The third kappa shape index (κ3) is 6.12. The molecule has 1 unspecified atom stereocenters. The van der Waals surface area contributed by atoms with E-state index in [2.05, 4.69) is 10.6 Å². The van der Waals surface area contributed by atoms with E-state index < -0.39 is 51.3 Å². The maximum atomic E-state index is 13.3. The number of para-hydroxylation sites is 1. The number of fused-ring (bicyclic) bond motifs is 1. The van der Waals surface area contributed by atoms with Gasteiger partial charge in [0.25, 0.3) is 5.91 Å². The van der Waals surface area contributed by atoms with Crippen molar-refractivity contribution in [2.75, 3.05) is 13.1 Å². The lowest BCUT2D eigenvalue weighted by Crippen LogP contribution is -2.53. The number of ketones is 1. The second-order valence-electron chi connectivity index (χ2n) is 10.1. The Morgan fingerprint density at radius 2 is 1.90 bits per heavy atom. The van der Waals surface area contributed by atoms with Crippen LogP contribution in [0.2, 0.25) is 0 Å². The maximum Gasteiger partial charge on any atom is 0.323 e. The predicted molar refractivity (Wildman–Crippen MR) is 142 cm³/mol. The zero-order valence-corrected chi connectivity index (χ0v) is 22.9. The van der Waals surface area contributed by atoms with E-state index in [0.717, 1.165) is 15.9 Å². The summed E-state index contributed by atoms with van der Waals surface area (Å²) in [5, 5.41) is 17.8. The first-order valence-electron chi connectivity index (χ1n) is 12.8. The van der Waals surface area contributed by atoms with Crippen molar-refractivity contribution in [1.82, 2.24) is 14.9 Å². The number of amides is 2. The van der Waals surface area contributed by atoms with Crippen LogP contribution in [-0.2, 0) is 19.6 Å². The van der Waals surface area contributed by atoms with E-state index in [1.165, 1.54) is 18.2 Å². The van der Waals surface area contributed by atoms with Gasteiger partial charge in [-0.2, -0.15) is 9.04 Å².